The molecule has 1 aromatic carbocycles. The standard InChI is InChI=1S/C19H28N2O2/c1-23-18-5-3-2-4-16(18)8-11-20-19(22)14-15-9-12-21(13-10-15)17-6-7-17/h2-5,15,17H,6-14H2,1H3,(H,20,22). The lowest BCUT2D eigenvalue weighted by molar-refractivity contribution is -0.122. The van der Waals surface area contributed by atoms with Crippen LogP contribution in [0.1, 0.15) is 37.7 Å². The second kappa shape index (κ2) is 7.82. The van der Waals surface area contributed by atoms with Gasteiger partial charge in [0.25, 0.3) is 0 Å². The van der Waals surface area contributed by atoms with E-state index in [0.29, 0.717) is 18.9 Å². The zero-order valence-corrected chi connectivity index (χ0v) is 14.1. The number of para-hydroxylation sites is 1. The number of rotatable bonds is 7. The molecule has 1 N–H and O–H groups in total. The lowest BCUT2D eigenvalue weighted by atomic mass is 9.93. The predicted molar refractivity (Wildman–Crippen MR) is 91.6 cm³/mol. The van der Waals surface area contributed by atoms with Crippen LogP contribution in [0.2, 0.25) is 0 Å². The summed E-state index contributed by atoms with van der Waals surface area (Å²) >= 11 is 0. The van der Waals surface area contributed by atoms with Crippen LogP contribution in [0.3, 0.4) is 0 Å². The molecule has 0 aromatic heterocycles. The summed E-state index contributed by atoms with van der Waals surface area (Å²) in [6, 6.07) is 8.86. The molecule has 0 atom stereocenters. The average Bonchev–Trinajstić information content (AvgIpc) is 3.41. The third kappa shape index (κ3) is 4.71. The average molecular weight is 316 g/mol. The van der Waals surface area contributed by atoms with Crippen molar-refractivity contribution in [2.45, 2.75) is 44.6 Å². The van der Waals surface area contributed by atoms with Crippen molar-refractivity contribution in [1.82, 2.24) is 10.2 Å². The molecule has 1 aliphatic heterocycles. The van der Waals surface area contributed by atoms with E-state index in [1.165, 1.54) is 38.8 Å². The molecule has 4 nitrogen and oxygen atoms in total. The quantitative estimate of drug-likeness (QED) is 0.841. The van der Waals surface area contributed by atoms with E-state index in [1.807, 2.05) is 18.2 Å². The first-order chi connectivity index (χ1) is 11.3. The largest absolute Gasteiger partial charge is 0.496 e. The Hall–Kier alpha value is -1.55. The zero-order chi connectivity index (χ0) is 16.1. The van der Waals surface area contributed by atoms with Crippen LogP contribution in [-0.4, -0.2) is 43.6 Å². The Morgan fingerprint density at radius 1 is 1.22 bits per heavy atom. The Kier molecular flexibility index (Phi) is 5.55. The van der Waals surface area contributed by atoms with E-state index in [1.54, 1.807) is 7.11 Å². The number of likely N-dealkylation sites (tertiary alicyclic amines) is 1. The van der Waals surface area contributed by atoms with Crippen LogP contribution >= 0.6 is 0 Å². The van der Waals surface area contributed by atoms with Crippen LogP contribution in [0.15, 0.2) is 24.3 Å². The minimum Gasteiger partial charge on any atom is -0.496 e. The third-order valence-electron chi connectivity index (χ3n) is 5.10. The molecule has 1 aliphatic carbocycles. The SMILES string of the molecule is COc1ccccc1CCNC(=O)CC1CCN(C2CC2)CC1. The maximum absolute atomic E-state index is 12.1. The number of hydrogen-bond donors (Lipinski definition) is 1. The van der Waals surface area contributed by atoms with Crippen molar-refractivity contribution in [2.24, 2.45) is 5.92 Å². The first-order valence-electron chi connectivity index (χ1n) is 8.89. The summed E-state index contributed by atoms with van der Waals surface area (Å²) in [5, 5.41) is 3.07. The Morgan fingerprint density at radius 2 is 1.96 bits per heavy atom. The van der Waals surface area contributed by atoms with Crippen LogP contribution in [0.5, 0.6) is 5.75 Å². The molecule has 1 aromatic rings. The van der Waals surface area contributed by atoms with Gasteiger partial charge in [0.05, 0.1) is 7.11 Å². The summed E-state index contributed by atoms with van der Waals surface area (Å²) in [4.78, 5) is 14.7. The Balaban J connectivity index is 1.35. The van der Waals surface area contributed by atoms with Gasteiger partial charge in [0.2, 0.25) is 5.91 Å². The molecule has 1 amide bonds. The lowest BCUT2D eigenvalue weighted by Gasteiger charge is -2.31. The van der Waals surface area contributed by atoms with Crippen molar-refractivity contribution in [3.8, 4) is 5.75 Å². The normalized spacial score (nSPS) is 19.5. The highest BCUT2D eigenvalue weighted by Crippen LogP contribution is 2.31. The molecule has 3 rings (SSSR count). The summed E-state index contributed by atoms with van der Waals surface area (Å²) in [5.41, 5.74) is 1.15. The molecule has 23 heavy (non-hydrogen) atoms. The van der Waals surface area contributed by atoms with Gasteiger partial charge in [-0.15, -0.1) is 0 Å². The van der Waals surface area contributed by atoms with Gasteiger partial charge in [-0.2, -0.15) is 0 Å². The Bertz CT molecular complexity index is 520. The highest BCUT2D eigenvalue weighted by molar-refractivity contribution is 5.76. The molecule has 1 saturated carbocycles. The fourth-order valence-corrected chi connectivity index (χ4v) is 3.54. The van der Waals surface area contributed by atoms with Gasteiger partial charge in [0, 0.05) is 19.0 Å². The predicted octanol–water partition coefficient (Wildman–Crippen LogP) is 2.62. The molecule has 1 heterocycles. The van der Waals surface area contributed by atoms with Gasteiger partial charge < -0.3 is 15.0 Å². The van der Waals surface area contributed by atoms with Gasteiger partial charge in [-0.05, 0) is 62.7 Å². The number of carbonyl (C=O) groups is 1. The molecule has 126 valence electrons. The van der Waals surface area contributed by atoms with E-state index < -0.39 is 0 Å². The first-order valence-corrected chi connectivity index (χ1v) is 8.89. The summed E-state index contributed by atoms with van der Waals surface area (Å²) in [6.07, 6.45) is 6.62. The number of amides is 1. The number of hydrogen-bond acceptors (Lipinski definition) is 3. The van der Waals surface area contributed by atoms with Gasteiger partial charge >= 0.3 is 0 Å². The Morgan fingerprint density at radius 3 is 2.65 bits per heavy atom. The maximum Gasteiger partial charge on any atom is 0.220 e. The summed E-state index contributed by atoms with van der Waals surface area (Å²) in [6.45, 7) is 3.05. The zero-order valence-electron chi connectivity index (χ0n) is 14.1. The van der Waals surface area contributed by atoms with Gasteiger partial charge in [0.1, 0.15) is 5.75 Å². The molecule has 2 aliphatic rings. The first kappa shape index (κ1) is 16.3. The second-order valence-corrected chi connectivity index (χ2v) is 6.83. The number of benzene rings is 1. The van der Waals surface area contributed by atoms with Crippen LogP contribution in [-0.2, 0) is 11.2 Å². The van der Waals surface area contributed by atoms with Crippen molar-refractivity contribution in [2.75, 3.05) is 26.7 Å². The van der Waals surface area contributed by atoms with E-state index in [0.717, 1.165) is 23.8 Å². The molecular weight excluding hydrogens is 288 g/mol. The van der Waals surface area contributed by atoms with Crippen LogP contribution in [0.25, 0.3) is 0 Å². The maximum atomic E-state index is 12.1. The summed E-state index contributed by atoms with van der Waals surface area (Å²) in [5.74, 6) is 1.66. The monoisotopic (exact) mass is 316 g/mol. The molecule has 0 radical (unpaired) electrons. The third-order valence-corrected chi connectivity index (χ3v) is 5.10. The highest BCUT2D eigenvalue weighted by Gasteiger charge is 2.32. The van der Waals surface area contributed by atoms with Crippen molar-refractivity contribution in [3.05, 3.63) is 29.8 Å². The summed E-state index contributed by atoms with van der Waals surface area (Å²) in [7, 11) is 1.69. The summed E-state index contributed by atoms with van der Waals surface area (Å²) < 4.78 is 5.34. The van der Waals surface area contributed by atoms with Gasteiger partial charge in [-0.3, -0.25) is 4.79 Å². The molecule has 4 heteroatoms. The molecule has 0 spiro atoms. The van der Waals surface area contributed by atoms with Gasteiger partial charge in [0.15, 0.2) is 0 Å². The fraction of sp³-hybridized carbons (Fsp3) is 0.632. The van der Waals surface area contributed by atoms with E-state index in [9.17, 15) is 4.79 Å². The molecule has 0 unspecified atom stereocenters. The van der Waals surface area contributed by atoms with E-state index in [2.05, 4.69) is 16.3 Å². The minimum atomic E-state index is 0.199. The number of ether oxygens (including phenoxy) is 1. The molecule has 1 saturated heterocycles. The number of piperidine rings is 1. The minimum absolute atomic E-state index is 0.199. The van der Waals surface area contributed by atoms with Crippen LogP contribution in [0, 0.1) is 5.92 Å². The lowest BCUT2D eigenvalue weighted by Crippen LogP contribution is -2.37. The van der Waals surface area contributed by atoms with Gasteiger partial charge in [-0.1, -0.05) is 18.2 Å². The fourth-order valence-electron chi connectivity index (χ4n) is 3.54. The highest BCUT2D eigenvalue weighted by atomic mass is 16.5. The Labute approximate surface area is 139 Å². The number of methoxy groups -OCH3 is 1. The smallest absolute Gasteiger partial charge is 0.220 e. The van der Waals surface area contributed by atoms with E-state index in [4.69, 9.17) is 4.74 Å². The van der Waals surface area contributed by atoms with E-state index in [-0.39, 0.29) is 5.91 Å². The van der Waals surface area contributed by atoms with Crippen LogP contribution < -0.4 is 10.1 Å². The van der Waals surface area contributed by atoms with E-state index >= 15 is 0 Å². The molecular formula is C19H28N2O2. The number of nitrogens with zero attached hydrogens (tertiary/aromatic N) is 1. The molecule has 0 bridgehead atoms. The second-order valence-electron chi connectivity index (χ2n) is 6.83. The number of nitrogens with one attached hydrogen (secondary N) is 1. The topological polar surface area (TPSA) is 41.6 Å². The van der Waals surface area contributed by atoms with Crippen molar-refractivity contribution in [1.29, 1.82) is 0 Å². The van der Waals surface area contributed by atoms with Crippen molar-refractivity contribution in [3.63, 3.8) is 0 Å². The van der Waals surface area contributed by atoms with Crippen LogP contribution in [0.4, 0.5) is 0 Å². The van der Waals surface area contributed by atoms with Crippen molar-refractivity contribution < 1.29 is 9.53 Å². The molecule has 2 fully saturated rings. The van der Waals surface area contributed by atoms with Gasteiger partial charge in [-0.25, -0.2) is 0 Å². The van der Waals surface area contributed by atoms with Crippen molar-refractivity contribution >= 4 is 5.91 Å². The number of carbonyl (C=O) groups excluding carboxylic acids is 1.